The molecule has 0 bridgehead atoms. The summed E-state index contributed by atoms with van der Waals surface area (Å²) in [5.74, 6) is 0.104. The summed E-state index contributed by atoms with van der Waals surface area (Å²) in [4.78, 5) is 14.7. The van der Waals surface area contributed by atoms with Crippen LogP contribution in [0.3, 0.4) is 0 Å². The zero-order valence-electron chi connectivity index (χ0n) is 9.68. The molecule has 0 spiro atoms. The van der Waals surface area contributed by atoms with Crippen molar-refractivity contribution >= 4 is 29.0 Å². The molecule has 1 saturated heterocycles. The smallest absolute Gasteiger partial charge is 0.263 e. The third-order valence-corrected chi connectivity index (χ3v) is 5.32. The Morgan fingerprint density at radius 1 is 1.59 bits per heavy atom. The lowest BCUT2D eigenvalue weighted by Gasteiger charge is -2.35. The second-order valence-corrected chi connectivity index (χ2v) is 6.22. The van der Waals surface area contributed by atoms with Gasteiger partial charge in [0.15, 0.2) is 0 Å². The van der Waals surface area contributed by atoms with Gasteiger partial charge in [-0.15, -0.1) is 23.1 Å². The van der Waals surface area contributed by atoms with E-state index in [1.54, 1.807) is 11.8 Å². The molecule has 1 aromatic rings. The number of hydrogen-bond donors (Lipinski definition) is 0. The Kier molecular flexibility index (Phi) is 3.75. The molecule has 2 heterocycles. The van der Waals surface area contributed by atoms with Crippen LogP contribution in [0.15, 0.2) is 17.5 Å². The number of piperidine rings is 1. The summed E-state index contributed by atoms with van der Waals surface area (Å²) in [6.07, 6.45) is 3.50. The topological polar surface area (TPSA) is 44.1 Å². The van der Waals surface area contributed by atoms with E-state index in [1.807, 2.05) is 28.7 Å². The highest BCUT2D eigenvalue weighted by atomic mass is 32.2. The molecule has 1 fully saturated rings. The van der Waals surface area contributed by atoms with Crippen LogP contribution < -0.4 is 0 Å². The standard InChI is InChI=1S/C12H14N2OS2/c1-16-12(9-13)4-6-14(7-5-12)11(15)10-3-2-8-17-10/h2-3,8H,4-7H2,1H3. The maximum atomic E-state index is 12.1. The third-order valence-electron chi connectivity index (χ3n) is 3.18. The van der Waals surface area contributed by atoms with Crippen molar-refractivity contribution in [2.45, 2.75) is 17.6 Å². The molecule has 17 heavy (non-hydrogen) atoms. The fraction of sp³-hybridized carbons (Fsp3) is 0.500. The summed E-state index contributed by atoms with van der Waals surface area (Å²) in [6.45, 7) is 1.37. The van der Waals surface area contributed by atoms with E-state index < -0.39 is 0 Å². The molecular weight excluding hydrogens is 252 g/mol. The van der Waals surface area contributed by atoms with Crippen molar-refractivity contribution in [2.75, 3.05) is 19.3 Å². The van der Waals surface area contributed by atoms with Crippen LogP contribution in [-0.4, -0.2) is 34.9 Å². The summed E-state index contributed by atoms with van der Waals surface area (Å²) in [7, 11) is 0. The maximum absolute atomic E-state index is 12.1. The molecular formula is C12H14N2OS2. The average molecular weight is 266 g/mol. The zero-order valence-corrected chi connectivity index (χ0v) is 11.3. The number of thioether (sulfide) groups is 1. The largest absolute Gasteiger partial charge is 0.338 e. The van der Waals surface area contributed by atoms with Gasteiger partial charge in [-0.2, -0.15) is 5.26 Å². The van der Waals surface area contributed by atoms with Gasteiger partial charge in [-0.05, 0) is 30.5 Å². The minimum Gasteiger partial charge on any atom is -0.338 e. The van der Waals surface area contributed by atoms with Gasteiger partial charge >= 0.3 is 0 Å². The highest BCUT2D eigenvalue weighted by molar-refractivity contribution is 8.00. The molecule has 0 unspecified atom stereocenters. The van der Waals surface area contributed by atoms with Crippen LogP contribution in [0, 0.1) is 11.3 Å². The van der Waals surface area contributed by atoms with Gasteiger partial charge in [0.25, 0.3) is 5.91 Å². The van der Waals surface area contributed by atoms with E-state index in [2.05, 4.69) is 6.07 Å². The Bertz CT molecular complexity index is 428. The number of carbonyl (C=O) groups is 1. The van der Waals surface area contributed by atoms with E-state index in [1.165, 1.54) is 11.3 Å². The zero-order chi connectivity index (χ0) is 12.3. The molecule has 1 aromatic heterocycles. The minimum absolute atomic E-state index is 0.104. The molecule has 5 heteroatoms. The summed E-state index contributed by atoms with van der Waals surface area (Å²) in [6, 6.07) is 6.14. The quantitative estimate of drug-likeness (QED) is 0.826. The molecule has 2 rings (SSSR count). The van der Waals surface area contributed by atoms with Crippen LogP contribution in [0.4, 0.5) is 0 Å². The molecule has 0 aromatic carbocycles. The van der Waals surface area contributed by atoms with Crippen LogP contribution in [0.2, 0.25) is 0 Å². The van der Waals surface area contributed by atoms with Gasteiger partial charge in [-0.3, -0.25) is 4.79 Å². The minimum atomic E-state index is -0.285. The molecule has 1 aliphatic rings. The number of hydrogen-bond acceptors (Lipinski definition) is 4. The first-order valence-electron chi connectivity index (χ1n) is 5.50. The molecule has 0 N–H and O–H groups in total. The van der Waals surface area contributed by atoms with Crippen LogP contribution in [0.1, 0.15) is 22.5 Å². The van der Waals surface area contributed by atoms with Gasteiger partial charge in [0.1, 0.15) is 4.75 Å². The lowest BCUT2D eigenvalue weighted by atomic mass is 9.97. The number of amides is 1. The van der Waals surface area contributed by atoms with E-state index in [-0.39, 0.29) is 10.7 Å². The Labute approximate surface area is 109 Å². The Morgan fingerprint density at radius 3 is 2.76 bits per heavy atom. The second-order valence-electron chi connectivity index (χ2n) is 4.08. The van der Waals surface area contributed by atoms with Crippen LogP contribution >= 0.6 is 23.1 Å². The second kappa shape index (κ2) is 5.11. The maximum Gasteiger partial charge on any atom is 0.263 e. The van der Waals surface area contributed by atoms with Crippen molar-refractivity contribution in [2.24, 2.45) is 0 Å². The van der Waals surface area contributed by atoms with E-state index in [4.69, 9.17) is 0 Å². The summed E-state index contributed by atoms with van der Waals surface area (Å²) in [5.41, 5.74) is 0. The van der Waals surface area contributed by atoms with Gasteiger partial charge in [0.2, 0.25) is 0 Å². The predicted molar refractivity (Wildman–Crippen MR) is 71.3 cm³/mol. The first kappa shape index (κ1) is 12.5. The van der Waals surface area contributed by atoms with Gasteiger partial charge in [0, 0.05) is 13.1 Å². The van der Waals surface area contributed by atoms with Crippen molar-refractivity contribution in [1.29, 1.82) is 5.26 Å². The van der Waals surface area contributed by atoms with Crippen LogP contribution in [-0.2, 0) is 0 Å². The number of rotatable bonds is 2. The highest BCUT2D eigenvalue weighted by Gasteiger charge is 2.35. The number of likely N-dealkylation sites (tertiary alicyclic amines) is 1. The number of thiophene rings is 1. The normalized spacial score (nSPS) is 18.7. The first-order valence-corrected chi connectivity index (χ1v) is 7.60. The number of nitrogens with zero attached hydrogens (tertiary/aromatic N) is 2. The van der Waals surface area contributed by atoms with Gasteiger partial charge in [0.05, 0.1) is 10.9 Å². The first-order chi connectivity index (χ1) is 8.21. The lowest BCUT2D eigenvalue weighted by Crippen LogP contribution is -2.44. The number of nitriles is 1. The van der Waals surface area contributed by atoms with Crippen LogP contribution in [0.5, 0.6) is 0 Å². The van der Waals surface area contributed by atoms with E-state index in [0.29, 0.717) is 13.1 Å². The Hall–Kier alpha value is -0.990. The lowest BCUT2D eigenvalue weighted by molar-refractivity contribution is 0.0721. The van der Waals surface area contributed by atoms with Crippen LogP contribution in [0.25, 0.3) is 0 Å². The molecule has 90 valence electrons. The van der Waals surface area contributed by atoms with Crippen molar-refractivity contribution in [3.63, 3.8) is 0 Å². The van der Waals surface area contributed by atoms with E-state index >= 15 is 0 Å². The molecule has 0 aliphatic carbocycles. The van der Waals surface area contributed by atoms with Gasteiger partial charge < -0.3 is 4.90 Å². The monoisotopic (exact) mass is 266 g/mol. The van der Waals surface area contributed by atoms with Crippen molar-refractivity contribution in [3.8, 4) is 6.07 Å². The Morgan fingerprint density at radius 2 is 2.29 bits per heavy atom. The van der Waals surface area contributed by atoms with Crippen molar-refractivity contribution in [3.05, 3.63) is 22.4 Å². The van der Waals surface area contributed by atoms with E-state index in [9.17, 15) is 10.1 Å². The summed E-state index contributed by atoms with van der Waals surface area (Å²) < 4.78 is -0.285. The fourth-order valence-corrected chi connectivity index (χ4v) is 3.36. The third kappa shape index (κ3) is 2.48. The molecule has 1 aliphatic heterocycles. The fourth-order valence-electron chi connectivity index (χ4n) is 1.99. The molecule has 0 radical (unpaired) electrons. The predicted octanol–water partition coefficient (Wildman–Crippen LogP) is 2.61. The van der Waals surface area contributed by atoms with Gasteiger partial charge in [-0.25, -0.2) is 0 Å². The molecule has 1 amide bonds. The SMILES string of the molecule is CSC1(C#N)CCN(C(=O)c2cccs2)CC1. The summed E-state index contributed by atoms with van der Waals surface area (Å²) >= 11 is 3.08. The van der Waals surface area contributed by atoms with Crippen molar-refractivity contribution in [1.82, 2.24) is 4.90 Å². The summed E-state index contributed by atoms with van der Waals surface area (Å²) in [5, 5.41) is 11.1. The molecule has 0 atom stereocenters. The highest BCUT2D eigenvalue weighted by Crippen LogP contribution is 2.34. The van der Waals surface area contributed by atoms with Crippen molar-refractivity contribution < 1.29 is 4.79 Å². The van der Waals surface area contributed by atoms with E-state index in [0.717, 1.165) is 17.7 Å². The molecule has 3 nitrogen and oxygen atoms in total. The number of carbonyl (C=O) groups excluding carboxylic acids is 1. The molecule has 0 saturated carbocycles. The van der Waals surface area contributed by atoms with Gasteiger partial charge in [-0.1, -0.05) is 6.07 Å². The Balaban J connectivity index is 2.01. The average Bonchev–Trinajstić information content (AvgIpc) is 2.92.